The second-order valence-corrected chi connectivity index (χ2v) is 7.02. The summed E-state index contributed by atoms with van der Waals surface area (Å²) in [5.41, 5.74) is 1.30. The molecule has 5 heteroatoms. The van der Waals surface area contributed by atoms with Crippen molar-refractivity contribution in [2.75, 3.05) is 6.61 Å². The average molecular weight is 387 g/mol. The molecule has 1 N–H and O–H groups in total. The number of H-pyrrole nitrogens is 1. The Morgan fingerprint density at radius 3 is 2.79 bits per heavy atom. The Morgan fingerprint density at radius 2 is 2.00 bits per heavy atom. The number of hydrogen-bond acceptors (Lipinski definition) is 3. The van der Waals surface area contributed by atoms with Gasteiger partial charge in [-0.1, -0.05) is 41.9 Å². The second-order valence-electron chi connectivity index (χ2n) is 6.10. The van der Waals surface area contributed by atoms with Crippen LogP contribution in [0.5, 0.6) is 5.75 Å². The highest BCUT2D eigenvalue weighted by molar-refractivity contribution is 9.10. The van der Waals surface area contributed by atoms with E-state index >= 15 is 0 Å². The van der Waals surface area contributed by atoms with Crippen LogP contribution >= 0.6 is 15.9 Å². The largest absolute Gasteiger partial charge is 0.493 e. The van der Waals surface area contributed by atoms with Gasteiger partial charge in [0.1, 0.15) is 11.6 Å². The monoisotopic (exact) mass is 386 g/mol. The minimum atomic E-state index is -0.149. The molecule has 0 saturated heterocycles. The quantitative estimate of drug-likeness (QED) is 0.686. The normalized spacial score (nSPS) is 11.2. The van der Waals surface area contributed by atoms with Gasteiger partial charge in [0.05, 0.1) is 23.1 Å². The van der Waals surface area contributed by atoms with E-state index in [0.29, 0.717) is 29.3 Å². The Hall–Kier alpha value is -2.14. The number of fused-ring (bicyclic) bond motifs is 1. The van der Waals surface area contributed by atoms with Crippen LogP contribution < -0.4 is 10.3 Å². The van der Waals surface area contributed by atoms with Gasteiger partial charge < -0.3 is 9.72 Å². The predicted molar refractivity (Wildman–Crippen MR) is 100 cm³/mol. The molecule has 124 valence electrons. The summed E-state index contributed by atoms with van der Waals surface area (Å²) in [7, 11) is 0. The van der Waals surface area contributed by atoms with Crippen molar-refractivity contribution < 1.29 is 4.74 Å². The van der Waals surface area contributed by atoms with E-state index in [9.17, 15) is 4.79 Å². The second kappa shape index (κ2) is 7.18. The zero-order valence-corrected chi connectivity index (χ0v) is 15.3. The number of halogens is 1. The number of rotatable bonds is 5. The van der Waals surface area contributed by atoms with Gasteiger partial charge in [-0.05, 0) is 42.7 Å². The van der Waals surface area contributed by atoms with E-state index in [1.165, 1.54) is 0 Å². The third-order valence-corrected chi connectivity index (χ3v) is 4.26. The molecule has 0 aliphatic carbocycles. The van der Waals surface area contributed by atoms with Crippen LogP contribution in [-0.2, 0) is 0 Å². The summed E-state index contributed by atoms with van der Waals surface area (Å²) < 4.78 is 6.83. The van der Waals surface area contributed by atoms with Crippen LogP contribution in [0.25, 0.3) is 22.3 Å². The smallest absolute Gasteiger partial charge is 0.259 e. The van der Waals surface area contributed by atoms with E-state index in [-0.39, 0.29) is 5.56 Å². The molecule has 24 heavy (non-hydrogen) atoms. The van der Waals surface area contributed by atoms with Crippen molar-refractivity contribution in [1.82, 2.24) is 9.97 Å². The molecular weight excluding hydrogens is 368 g/mol. The number of nitrogens with one attached hydrogen (secondary N) is 1. The lowest BCUT2D eigenvalue weighted by Crippen LogP contribution is -2.10. The third kappa shape index (κ3) is 3.67. The highest BCUT2D eigenvalue weighted by atomic mass is 79.9. The van der Waals surface area contributed by atoms with Gasteiger partial charge in [-0.15, -0.1) is 0 Å². The average Bonchev–Trinajstić information content (AvgIpc) is 2.56. The lowest BCUT2D eigenvalue weighted by molar-refractivity contribution is 0.290. The van der Waals surface area contributed by atoms with Crippen molar-refractivity contribution in [3.63, 3.8) is 0 Å². The standard InChI is InChI=1S/C19H19BrN2O2/c1-12(2)9-10-24-17-8-7-13(20)11-15(17)18-21-16-6-4-3-5-14(16)19(23)22-18/h3-8,11-12H,9-10H2,1-2H3,(H,21,22,23). The van der Waals surface area contributed by atoms with E-state index in [4.69, 9.17) is 4.74 Å². The summed E-state index contributed by atoms with van der Waals surface area (Å²) in [4.78, 5) is 19.8. The zero-order chi connectivity index (χ0) is 17.1. The van der Waals surface area contributed by atoms with Crippen molar-refractivity contribution in [3.8, 4) is 17.1 Å². The van der Waals surface area contributed by atoms with Crippen molar-refractivity contribution >= 4 is 26.8 Å². The number of ether oxygens (including phenoxy) is 1. The minimum Gasteiger partial charge on any atom is -0.493 e. The molecule has 0 radical (unpaired) electrons. The minimum absolute atomic E-state index is 0.149. The van der Waals surface area contributed by atoms with Gasteiger partial charge in [0.15, 0.2) is 0 Å². The van der Waals surface area contributed by atoms with E-state index in [1.807, 2.05) is 36.4 Å². The lowest BCUT2D eigenvalue weighted by atomic mass is 10.1. The lowest BCUT2D eigenvalue weighted by Gasteiger charge is -2.13. The van der Waals surface area contributed by atoms with Gasteiger partial charge in [-0.2, -0.15) is 0 Å². The van der Waals surface area contributed by atoms with Crippen LogP contribution in [0.2, 0.25) is 0 Å². The molecule has 1 aromatic heterocycles. The van der Waals surface area contributed by atoms with Crippen LogP contribution in [0.15, 0.2) is 51.7 Å². The predicted octanol–water partition coefficient (Wildman–Crippen LogP) is 4.78. The highest BCUT2D eigenvalue weighted by Crippen LogP contribution is 2.31. The Labute approximate surface area is 149 Å². The summed E-state index contributed by atoms with van der Waals surface area (Å²) >= 11 is 3.48. The first kappa shape index (κ1) is 16.7. The molecule has 1 heterocycles. The zero-order valence-electron chi connectivity index (χ0n) is 13.7. The number of nitrogens with zero attached hydrogens (tertiary/aromatic N) is 1. The van der Waals surface area contributed by atoms with Gasteiger partial charge in [0, 0.05) is 4.47 Å². The van der Waals surface area contributed by atoms with Gasteiger partial charge in [-0.3, -0.25) is 4.79 Å². The summed E-state index contributed by atoms with van der Waals surface area (Å²) in [6.07, 6.45) is 0.969. The van der Waals surface area contributed by atoms with E-state index in [0.717, 1.165) is 22.2 Å². The molecule has 0 saturated carbocycles. The molecule has 4 nitrogen and oxygen atoms in total. The maximum Gasteiger partial charge on any atom is 0.259 e. The number of hydrogen-bond donors (Lipinski definition) is 1. The fourth-order valence-corrected chi connectivity index (χ4v) is 2.79. The topological polar surface area (TPSA) is 55.0 Å². The Balaban J connectivity index is 2.05. The van der Waals surface area contributed by atoms with Crippen LogP contribution in [0.4, 0.5) is 0 Å². The molecule has 2 aromatic carbocycles. The molecular formula is C19H19BrN2O2. The summed E-state index contributed by atoms with van der Waals surface area (Å²) in [6.45, 7) is 4.95. The van der Waals surface area contributed by atoms with Crippen molar-refractivity contribution in [2.45, 2.75) is 20.3 Å². The SMILES string of the molecule is CC(C)CCOc1ccc(Br)cc1-c1nc2ccccc2c(=O)[nH]1. The van der Waals surface area contributed by atoms with Gasteiger partial charge in [-0.25, -0.2) is 4.98 Å². The third-order valence-electron chi connectivity index (χ3n) is 3.76. The highest BCUT2D eigenvalue weighted by Gasteiger charge is 2.12. The van der Waals surface area contributed by atoms with Crippen LogP contribution in [0, 0.1) is 5.92 Å². The van der Waals surface area contributed by atoms with E-state index in [2.05, 4.69) is 39.7 Å². The molecule has 0 fully saturated rings. The summed E-state index contributed by atoms with van der Waals surface area (Å²) in [6, 6.07) is 13.1. The van der Waals surface area contributed by atoms with E-state index < -0.39 is 0 Å². The Kier molecular flexibility index (Phi) is 5.00. The number of aromatic nitrogens is 2. The first-order valence-corrected chi connectivity index (χ1v) is 8.75. The number of para-hydroxylation sites is 1. The fraction of sp³-hybridized carbons (Fsp3) is 0.263. The number of benzene rings is 2. The maximum atomic E-state index is 12.3. The first-order valence-electron chi connectivity index (χ1n) is 7.96. The molecule has 0 amide bonds. The molecule has 0 bridgehead atoms. The number of aromatic amines is 1. The van der Waals surface area contributed by atoms with Gasteiger partial charge in [0.2, 0.25) is 0 Å². The van der Waals surface area contributed by atoms with Gasteiger partial charge >= 0.3 is 0 Å². The Morgan fingerprint density at radius 1 is 1.21 bits per heavy atom. The molecule has 0 aliphatic rings. The fourth-order valence-electron chi connectivity index (χ4n) is 2.43. The summed E-state index contributed by atoms with van der Waals surface area (Å²) in [5, 5.41) is 0.582. The van der Waals surface area contributed by atoms with Gasteiger partial charge in [0.25, 0.3) is 5.56 Å². The Bertz CT molecular complexity index is 919. The van der Waals surface area contributed by atoms with Crippen LogP contribution in [-0.4, -0.2) is 16.6 Å². The molecule has 0 unspecified atom stereocenters. The molecule has 0 atom stereocenters. The van der Waals surface area contributed by atoms with E-state index in [1.54, 1.807) is 6.07 Å². The summed E-state index contributed by atoms with van der Waals surface area (Å²) in [5.74, 6) is 1.80. The molecule has 0 aliphatic heterocycles. The first-order chi connectivity index (χ1) is 11.5. The van der Waals surface area contributed by atoms with Crippen LogP contribution in [0.3, 0.4) is 0 Å². The van der Waals surface area contributed by atoms with Crippen molar-refractivity contribution in [2.24, 2.45) is 5.92 Å². The molecule has 3 rings (SSSR count). The maximum absolute atomic E-state index is 12.3. The molecule has 3 aromatic rings. The van der Waals surface area contributed by atoms with Crippen molar-refractivity contribution in [1.29, 1.82) is 0 Å². The molecule has 0 spiro atoms. The van der Waals surface area contributed by atoms with Crippen molar-refractivity contribution in [3.05, 3.63) is 57.3 Å². The van der Waals surface area contributed by atoms with Crippen LogP contribution in [0.1, 0.15) is 20.3 Å².